The molecule has 5 heteroatoms. The summed E-state index contributed by atoms with van der Waals surface area (Å²) in [5.41, 5.74) is 1.97. The minimum absolute atomic E-state index is 0.0598. The van der Waals surface area contributed by atoms with Crippen LogP contribution in [0, 0.1) is 6.92 Å². The summed E-state index contributed by atoms with van der Waals surface area (Å²) in [6, 6.07) is 9.48. The van der Waals surface area contributed by atoms with Crippen LogP contribution >= 0.6 is 0 Å². The Balaban J connectivity index is 2.33. The van der Waals surface area contributed by atoms with Crippen LogP contribution in [-0.4, -0.2) is 27.9 Å². The minimum Gasteiger partial charge on any atom is -0.508 e. The maximum atomic E-state index is 11.7. The zero-order valence-electron chi connectivity index (χ0n) is 13.1. The normalized spacial score (nSPS) is 11.9. The average Bonchev–Trinajstić information content (AvgIpc) is 2.47. The van der Waals surface area contributed by atoms with E-state index in [1.54, 1.807) is 12.1 Å². The van der Waals surface area contributed by atoms with Gasteiger partial charge in [-0.25, -0.2) is 0 Å². The van der Waals surface area contributed by atoms with E-state index in [-0.39, 0.29) is 17.9 Å². The molecule has 0 aromatic heterocycles. The van der Waals surface area contributed by atoms with E-state index < -0.39 is 11.9 Å². The number of aliphatic carboxylic acids is 1. The number of aryl methyl sites for hydroxylation is 1. The molecule has 0 aliphatic carbocycles. The van der Waals surface area contributed by atoms with Crippen molar-refractivity contribution in [1.29, 1.82) is 0 Å². The molecule has 1 unspecified atom stereocenters. The van der Waals surface area contributed by atoms with Crippen LogP contribution in [0.4, 0.5) is 0 Å². The largest absolute Gasteiger partial charge is 0.508 e. The molecular formula is C18H20O5. The van der Waals surface area contributed by atoms with Crippen LogP contribution in [0.15, 0.2) is 36.4 Å². The molecule has 0 saturated carbocycles. The Labute approximate surface area is 134 Å². The average molecular weight is 316 g/mol. The molecule has 1 atom stereocenters. The standard InChI is InChI=1S/C18H20O5/c1-3-23-14-6-7-15(11(2)8-14)16(18(21)22)9-12-4-5-13(19)10-17(12)20/h4-8,10,16,19-20H,3,9H2,1-2H3,(H,21,22). The van der Waals surface area contributed by atoms with E-state index in [9.17, 15) is 20.1 Å². The van der Waals surface area contributed by atoms with Crippen LogP contribution in [0.25, 0.3) is 0 Å². The van der Waals surface area contributed by atoms with Gasteiger partial charge in [0.25, 0.3) is 0 Å². The first-order chi connectivity index (χ1) is 10.9. The van der Waals surface area contributed by atoms with E-state index in [0.717, 1.165) is 5.56 Å². The van der Waals surface area contributed by atoms with E-state index in [1.165, 1.54) is 18.2 Å². The smallest absolute Gasteiger partial charge is 0.311 e. The SMILES string of the molecule is CCOc1ccc(C(Cc2ccc(O)cc2O)C(=O)O)c(C)c1. The number of hydrogen-bond acceptors (Lipinski definition) is 4. The van der Waals surface area contributed by atoms with Crippen LogP contribution in [0.3, 0.4) is 0 Å². The van der Waals surface area contributed by atoms with Gasteiger partial charge in [0, 0.05) is 6.07 Å². The van der Waals surface area contributed by atoms with Gasteiger partial charge in [0.05, 0.1) is 12.5 Å². The predicted molar refractivity (Wildman–Crippen MR) is 86.2 cm³/mol. The third-order valence-corrected chi connectivity index (χ3v) is 3.72. The molecule has 0 aliphatic rings. The zero-order valence-corrected chi connectivity index (χ0v) is 13.1. The molecule has 0 fully saturated rings. The molecule has 0 spiro atoms. The Morgan fingerprint density at radius 2 is 1.91 bits per heavy atom. The van der Waals surface area contributed by atoms with Crippen LogP contribution in [0.5, 0.6) is 17.2 Å². The van der Waals surface area contributed by atoms with Gasteiger partial charge >= 0.3 is 5.97 Å². The molecule has 2 aromatic carbocycles. The summed E-state index contributed by atoms with van der Waals surface area (Å²) in [6.07, 6.45) is 0.135. The second-order valence-corrected chi connectivity index (χ2v) is 5.36. The van der Waals surface area contributed by atoms with Crippen molar-refractivity contribution in [1.82, 2.24) is 0 Å². The third kappa shape index (κ3) is 3.94. The van der Waals surface area contributed by atoms with Crippen LogP contribution in [0.1, 0.15) is 29.5 Å². The molecular weight excluding hydrogens is 296 g/mol. The summed E-state index contributed by atoms with van der Waals surface area (Å²) >= 11 is 0. The van der Waals surface area contributed by atoms with Gasteiger partial charge in [-0.2, -0.15) is 0 Å². The fourth-order valence-electron chi connectivity index (χ4n) is 2.57. The van der Waals surface area contributed by atoms with Crippen molar-refractivity contribution in [3.05, 3.63) is 53.1 Å². The Kier molecular flexibility index (Phi) is 5.11. The molecule has 2 aromatic rings. The molecule has 0 bridgehead atoms. The highest BCUT2D eigenvalue weighted by Gasteiger charge is 2.23. The van der Waals surface area contributed by atoms with Crippen molar-refractivity contribution < 1.29 is 24.9 Å². The van der Waals surface area contributed by atoms with Crippen LogP contribution < -0.4 is 4.74 Å². The molecule has 5 nitrogen and oxygen atoms in total. The molecule has 0 radical (unpaired) electrons. The van der Waals surface area contributed by atoms with Crippen molar-refractivity contribution in [2.75, 3.05) is 6.61 Å². The van der Waals surface area contributed by atoms with Gasteiger partial charge in [-0.3, -0.25) is 4.79 Å². The lowest BCUT2D eigenvalue weighted by Gasteiger charge is -2.17. The first-order valence-electron chi connectivity index (χ1n) is 7.39. The summed E-state index contributed by atoms with van der Waals surface area (Å²) in [5.74, 6) is -1.23. The quantitative estimate of drug-likeness (QED) is 0.761. The van der Waals surface area contributed by atoms with E-state index in [1.807, 2.05) is 19.9 Å². The Morgan fingerprint density at radius 3 is 2.48 bits per heavy atom. The highest BCUT2D eigenvalue weighted by Crippen LogP contribution is 2.31. The predicted octanol–water partition coefficient (Wildman–Crippen LogP) is 3.22. The van der Waals surface area contributed by atoms with Gasteiger partial charge in [-0.05, 0) is 55.2 Å². The van der Waals surface area contributed by atoms with E-state index in [2.05, 4.69) is 0 Å². The Bertz CT molecular complexity index is 709. The molecule has 0 amide bonds. The van der Waals surface area contributed by atoms with Gasteiger partial charge in [0.15, 0.2) is 0 Å². The molecule has 2 rings (SSSR count). The number of carboxylic acids is 1. The van der Waals surface area contributed by atoms with Crippen molar-refractivity contribution in [2.24, 2.45) is 0 Å². The van der Waals surface area contributed by atoms with Gasteiger partial charge in [-0.15, -0.1) is 0 Å². The summed E-state index contributed by atoms with van der Waals surface area (Å²) in [6.45, 7) is 4.27. The van der Waals surface area contributed by atoms with E-state index >= 15 is 0 Å². The van der Waals surface area contributed by atoms with E-state index in [0.29, 0.717) is 23.5 Å². The number of rotatable bonds is 6. The molecule has 3 N–H and O–H groups in total. The fourth-order valence-corrected chi connectivity index (χ4v) is 2.57. The maximum absolute atomic E-state index is 11.7. The monoisotopic (exact) mass is 316 g/mol. The summed E-state index contributed by atoms with van der Waals surface area (Å²) in [7, 11) is 0. The second kappa shape index (κ2) is 7.05. The highest BCUT2D eigenvalue weighted by atomic mass is 16.5. The molecule has 23 heavy (non-hydrogen) atoms. The van der Waals surface area contributed by atoms with Crippen molar-refractivity contribution >= 4 is 5.97 Å². The molecule has 0 aliphatic heterocycles. The molecule has 0 heterocycles. The first-order valence-corrected chi connectivity index (χ1v) is 7.39. The number of benzene rings is 2. The van der Waals surface area contributed by atoms with Gasteiger partial charge in [0.2, 0.25) is 0 Å². The van der Waals surface area contributed by atoms with Gasteiger partial charge in [-0.1, -0.05) is 12.1 Å². The maximum Gasteiger partial charge on any atom is 0.311 e. The number of carboxylic acid groups (broad SMARTS) is 1. The van der Waals surface area contributed by atoms with Crippen molar-refractivity contribution in [3.63, 3.8) is 0 Å². The second-order valence-electron chi connectivity index (χ2n) is 5.36. The van der Waals surface area contributed by atoms with Crippen LogP contribution in [-0.2, 0) is 11.2 Å². The minimum atomic E-state index is -0.968. The molecule has 122 valence electrons. The summed E-state index contributed by atoms with van der Waals surface area (Å²) in [5, 5.41) is 28.8. The topological polar surface area (TPSA) is 87.0 Å². The van der Waals surface area contributed by atoms with Gasteiger partial charge < -0.3 is 20.1 Å². The Hall–Kier alpha value is -2.69. The number of aromatic hydroxyl groups is 2. The number of carbonyl (C=O) groups is 1. The van der Waals surface area contributed by atoms with Crippen LogP contribution in [0.2, 0.25) is 0 Å². The van der Waals surface area contributed by atoms with Gasteiger partial charge in [0.1, 0.15) is 17.2 Å². The number of ether oxygens (including phenoxy) is 1. The lowest BCUT2D eigenvalue weighted by Crippen LogP contribution is -2.16. The fraction of sp³-hybridized carbons (Fsp3) is 0.278. The third-order valence-electron chi connectivity index (χ3n) is 3.72. The highest BCUT2D eigenvalue weighted by molar-refractivity contribution is 5.77. The number of phenols is 2. The lowest BCUT2D eigenvalue weighted by molar-refractivity contribution is -0.138. The molecule has 0 saturated heterocycles. The number of hydrogen-bond donors (Lipinski definition) is 3. The summed E-state index contributed by atoms with van der Waals surface area (Å²) < 4.78 is 5.42. The summed E-state index contributed by atoms with van der Waals surface area (Å²) in [4.78, 5) is 11.7. The number of phenolic OH excluding ortho intramolecular Hbond substituents is 2. The van der Waals surface area contributed by atoms with E-state index in [4.69, 9.17) is 4.74 Å². The van der Waals surface area contributed by atoms with Crippen molar-refractivity contribution in [2.45, 2.75) is 26.2 Å². The Morgan fingerprint density at radius 1 is 1.17 bits per heavy atom. The van der Waals surface area contributed by atoms with Crippen molar-refractivity contribution in [3.8, 4) is 17.2 Å². The lowest BCUT2D eigenvalue weighted by atomic mass is 9.89. The first kappa shape index (κ1) is 16.7. The zero-order chi connectivity index (χ0) is 17.0.